The Morgan fingerprint density at radius 2 is 1.64 bits per heavy atom. The quantitative estimate of drug-likeness (QED) is 0.527. The van der Waals surface area contributed by atoms with Crippen LogP contribution in [0.25, 0.3) is 0 Å². The van der Waals surface area contributed by atoms with Gasteiger partial charge in [-0.15, -0.1) is 11.7 Å². The number of nitrogens with zero attached hydrogens (tertiary/aromatic N) is 1. The molecule has 1 aromatic rings. The van der Waals surface area contributed by atoms with Crippen molar-refractivity contribution in [3.05, 3.63) is 30.3 Å². The van der Waals surface area contributed by atoms with E-state index < -0.39 is 11.2 Å². The lowest BCUT2D eigenvalue weighted by molar-refractivity contribution is 0.565. The van der Waals surface area contributed by atoms with Crippen LogP contribution in [0, 0.1) is 0 Å². The third-order valence-corrected chi connectivity index (χ3v) is 0.931. The number of hydrogen-bond donors (Lipinski definition) is 0. The van der Waals surface area contributed by atoms with Crippen LogP contribution in [0.2, 0.25) is 0 Å². The summed E-state index contributed by atoms with van der Waals surface area (Å²) in [5.41, 5.74) is 0.646. The van der Waals surface area contributed by atoms with Crippen molar-refractivity contribution in [1.29, 1.82) is 0 Å². The molecule has 0 fully saturated rings. The summed E-state index contributed by atoms with van der Waals surface area (Å²) in [7, 11) is 0. The van der Waals surface area contributed by atoms with Gasteiger partial charge in [-0.25, -0.2) is 4.79 Å². The zero-order valence-corrected chi connectivity index (χ0v) is 8.10. The predicted octanol–water partition coefficient (Wildman–Crippen LogP) is 3.73. The number of isocyanates is 1. The second-order valence-electron chi connectivity index (χ2n) is 2.18. The first-order valence-corrected chi connectivity index (χ1v) is 5.18. The fourth-order valence-corrected chi connectivity index (χ4v) is 0.555. The summed E-state index contributed by atoms with van der Waals surface area (Å²) in [6, 6.07) is 8.98. The van der Waals surface area contributed by atoms with Crippen molar-refractivity contribution >= 4 is 23.0 Å². The van der Waals surface area contributed by atoms with Crippen LogP contribution in [0.3, 0.4) is 0 Å². The summed E-state index contributed by atoms with van der Waals surface area (Å²) < 4.78 is 31.3. The fraction of sp³-hybridized carbons (Fsp3) is 0.125. The van der Waals surface area contributed by atoms with Crippen molar-refractivity contribution in [2.45, 2.75) is 0 Å². The maximum atomic E-state index is 10.4. The molecule has 14 heavy (non-hydrogen) atoms. The molecule has 0 aliphatic rings. The number of rotatable bonds is 1. The molecular weight excluding hydrogens is 215 g/mol. The summed E-state index contributed by atoms with van der Waals surface area (Å²) in [4.78, 5) is 13.1. The second kappa shape index (κ2) is 6.23. The van der Waals surface area contributed by atoms with Gasteiger partial charge in [-0.3, -0.25) is 0 Å². The second-order valence-corrected chi connectivity index (χ2v) is 3.45. The van der Waals surface area contributed by atoms with E-state index in [-0.39, 0.29) is 6.26 Å². The molecule has 0 aromatic heterocycles. The van der Waals surface area contributed by atoms with Gasteiger partial charge in [0.1, 0.15) is 0 Å². The normalized spacial score (nSPS) is 10.6. The molecule has 6 heteroatoms. The monoisotopic (exact) mass is 223 g/mol. The molecule has 2 nitrogen and oxygen atoms in total. The van der Waals surface area contributed by atoms with Crippen molar-refractivity contribution in [2.24, 2.45) is 4.99 Å². The van der Waals surface area contributed by atoms with E-state index in [0.717, 1.165) is 0 Å². The van der Waals surface area contributed by atoms with Gasteiger partial charge in [0.15, 0.2) is 0 Å². The lowest BCUT2D eigenvalue weighted by Gasteiger charge is -1.94. The highest BCUT2D eigenvalue weighted by Gasteiger charge is 2.07. The summed E-state index contributed by atoms with van der Waals surface area (Å²) in [6.07, 6.45) is 1.73. The Bertz CT molecular complexity index is 300. The van der Waals surface area contributed by atoms with Crippen LogP contribution in [0.1, 0.15) is 0 Å². The van der Waals surface area contributed by atoms with Gasteiger partial charge < -0.3 is 0 Å². The van der Waals surface area contributed by atoms with Crippen LogP contribution < -0.4 is 0 Å². The summed E-state index contributed by atoms with van der Waals surface area (Å²) in [5.74, 6) is 0. The third-order valence-electron chi connectivity index (χ3n) is 0.931. The number of benzene rings is 1. The number of carbonyl (C=O) groups excluding carboxylic acids is 1. The van der Waals surface area contributed by atoms with Gasteiger partial charge in [0.05, 0.1) is 5.69 Å². The van der Waals surface area contributed by atoms with Crippen LogP contribution in [0.15, 0.2) is 35.3 Å². The van der Waals surface area contributed by atoms with E-state index in [2.05, 4.69) is 4.99 Å². The van der Waals surface area contributed by atoms with Gasteiger partial charge in [0, 0.05) is 6.26 Å². The van der Waals surface area contributed by atoms with E-state index in [1.807, 2.05) is 18.2 Å². The predicted molar refractivity (Wildman–Crippen MR) is 51.1 cm³/mol. The van der Waals surface area contributed by atoms with E-state index in [4.69, 9.17) is 0 Å². The van der Waals surface area contributed by atoms with E-state index in [1.165, 1.54) is 6.08 Å². The van der Waals surface area contributed by atoms with Gasteiger partial charge in [-0.1, -0.05) is 18.2 Å². The fourth-order valence-electron chi connectivity index (χ4n) is 0.555. The lowest BCUT2D eigenvalue weighted by Crippen LogP contribution is -1.59. The van der Waals surface area contributed by atoms with Gasteiger partial charge in [-0.05, 0) is 12.1 Å². The smallest absolute Gasteiger partial charge is 0.211 e. The Morgan fingerprint density at radius 3 is 2.00 bits per heavy atom. The Kier molecular flexibility index (Phi) is 5.67. The van der Waals surface area contributed by atoms with Crippen molar-refractivity contribution < 1.29 is 16.5 Å². The van der Waals surface area contributed by atoms with E-state index >= 15 is 0 Å². The first kappa shape index (κ1) is 12.7. The molecule has 0 bridgehead atoms. The molecule has 0 atom stereocenters. The summed E-state index contributed by atoms with van der Waals surface area (Å²) in [6.45, 7) is 0. The highest BCUT2D eigenvalue weighted by atomic mass is 32.3. The Hall–Kier alpha value is -1.26. The van der Waals surface area contributed by atoms with E-state index in [1.54, 1.807) is 12.1 Å². The highest BCUT2D eigenvalue weighted by Crippen LogP contribution is 2.48. The molecule has 0 unspecified atom stereocenters. The number of hydrogen-bond acceptors (Lipinski definition) is 2. The minimum absolute atomic E-state index is 0.271. The van der Waals surface area contributed by atoms with E-state index in [9.17, 15) is 16.5 Å². The molecule has 0 amide bonds. The van der Waals surface area contributed by atoms with Crippen LogP contribution >= 0.6 is 11.2 Å². The van der Waals surface area contributed by atoms with Crippen LogP contribution in [-0.4, -0.2) is 12.3 Å². The highest BCUT2D eigenvalue weighted by molar-refractivity contribution is 8.20. The van der Waals surface area contributed by atoms with Crippen molar-refractivity contribution in [3.8, 4) is 0 Å². The molecule has 0 spiro atoms. The Morgan fingerprint density at radius 1 is 1.21 bits per heavy atom. The molecule has 1 aromatic carbocycles. The molecular formula is C8H8F3NOS. The molecule has 0 radical (unpaired) electrons. The summed E-state index contributed by atoms with van der Waals surface area (Å²) >= 11 is -4.67. The van der Waals surface area contributed by atoms with Gasteiger partial charge in [0.25, 0.3) is 0 Å². The maximum Gasteiger partial charge on any atom is 0.240 e. The molecule has 0 saturated carbocycles. The first-order valence-electron chi connectivity index (χ1n) is 3.43. The lowest BCUT2D eigenvalue weighted by atomic mass is 10.3. The molecule has 78 valence electrons. The molecule has 1 rings (SSSR count). The minimum Gasteiger partial charge on any atom is -0.211 e. The largest absolute Gasteiger partial charge is 0.240 e. The minimum atomic E-state index is -4.67. The maximum absolute atomic E-state index is 10.4. The van der Waals surface area contributed by atoms with Crippen molar-refractivity contribution in [2.75, 3.05) is 6.26 Å². The topological polar surface area (TPSA) is 29.4 Å². The van der Waals surface area contributed by atoms with Gasteiger partial charge >= 0.3 is 0 Å². The van der Waals surface area contributed by atoms with Gasteiger partial charge in [-0.2, -0.15) is 4.99 Å². The van der Waals surface area contributed by atoms with E-state index in [0.29, 0.717) is 5.69 Å². The molecule has 0 heterocycles. The zero-order chi connectivity index (χ0) is 11.0. The zero-order valence-electron chi connectivity index (χ0n) is 7.28. The van der Waals surface area contributed by atoms with Crippen LogP contribution in [0.4, 0.5) is 17.3 Å². The summed E-state index contributed by atoms with van der Waals surface area (Å²) in [5, 5.41) is 0. The number of halogens is 3. The molecule has 0 N–H and O–H groups in total. The van der Waals surface area contributed by atoms with Crippen LogP contribution in [-0.2, 0) is 4.79 Å². The molecule has 0 saturated heterocycles. The number of aliphatic imine (C=N–C) groups is 1. The van der Waals surface area contributed by atoms with Crippen molar-refractivity contribution in [3.63, 3.8) is 0 Å². The standard InChI is InChI=1S/C7H5NO.CH3F3S/c9-6-8-7-4-2-1-3-5-7;1-5(2,3)4/h1-5H;1H3. The average molecular weight is 223 g/mol. The SMILES string of the molecule is CS(F)(F)F.O=C=Nc1ccccc1. The van der Waals surface area contributed by atoms with Crippen molar-refractivity contribution in [1.82, 2.24) is 0 Å². The molecule has 0 aliphatic heterocycles. The third kappa shape index (κ3) is 10.7. The molecule has 0 aliphatic carbocycles. The number of para-hydroxylation sites is 1. The Labute approximate surface area is 81.7 Å². The average Bonchev–Trinajstić information content (AvgIpc) is 2.03. The Balaban J connectivity index is 0.000000292. The van der Waals surface area contributed by atoms with Gasteiger partial charge in [0.2, 0.25) is 17.3 Å². The van der Waals surface area contributed by atoms with Crippen LogP contribution in [0.5, 0.6) is 0 Å². The first-order chi connectivity index (χ1) is 6.43.